The molecule has 0 saturated carbocycles. The fourth-order valence-corrected chi connectivity index (χ4v) is 7.61. The van der Waals surface area contributed by atoms with E-state index in [1.165, 1.54) is 51.4 Å². The number of esters is 1. The Morgan fingerprint density at radius 3 is 1.62 bits per heavy atom. The molecular formula is C49H75N3O8. The van der Waals surface area contributed by atoms with Crippen molar-refractivity contribution in [1.29, 1.82) is 0 Å². The smallest absolute Gasteiger partial charge is 0.329 e. The third-order valence-electron chi connectivity index (χ3n) is 10.7. The van der Waals surface area contributed by atoms with Crippen LogP contribution in [0.3, 0.4) is 0 Å². The Hall–Kier alpha value is -4.25. The van der Waals surface area contributed by atoms with Crippen molar-refractivity contribution in [2.45, 2.75) is 193 Å². The lowest BCUT2D eigenvalue weighted by Crippen LogP contribution is -2.44. The average molecular weight is 834 g/mol. The van der Waals surface area contributed by atoms with Gasteiger partial charge < -0.3 is 30.5 Å². The lowest BCUT2D eigenvalue weighted by atomic mass is 9.95. The molecule has 1 aliphatic carbocycles. The Morgan fingerprint density at radius 2 is 1.10 bits per heavy atom. The first kappa shape index (κ1) is 50.1. The van der Waals surface area contributed by atoms with E-state index in [1.807, 2.05) is 48.5 Å². The van der Waals surface area contributed by atoms with Gasteiger partial charge in [0.05, 0.1) is 11.5 Å². The van der Waals surface area contributed by atoms with Gasteiger partial charge in [-0.2, -0.15) is 0 Å². The van der Waals surface area contributed by atoms with Crippen molar-refractivity contribution in [2.24, 2.45) is 0 Å². The number of hydrogen-bond donors (Lipinski definition) is 4. The summed E-state index contributed by atoms with van der Waals surface area (Å²) < 4.78 is 11.3. The van der Waals surface area contributed by atoms with E-state index >= 15 is 0 Å². The van der Waals surface area contributed by atoms with E-state index in [4.69, 9.17) is 9.47 Å². The Labute approximate surface area is 359 Å². The zero-order valence-corrected chi connectivity index (χ0v) is 37.5. The number of carbonyl (C=O) groups excluding carboxylic acids is 4. The largest absolute Gasteiger partial charge is 0.480 e. The molecule has 0 fully saturated rings. The lowest BCUT2D eigenvalue weighted by Gasteiger charge is -2.24. The zero-order chi connectivity index (χ0) is 44.0. The van der Waals surface area contributed by atoms with Gasteiger partial charge >= 0.3 is 11.9 Å². The molecule has 2 atom stereocenters. The van der Waals surface area contributed by atoms with Crippen LogP contribution in [0.4, 0.5) is 0 Å². The normalized spacial score (nSPS) is 13.5. The molecule has 0 saturated heterocycles. The molecule has 11 heteroatoms. The van der Waals surface area contributed by atoms with Crippen molar-refractivity contribution < 1.29 is 38.6 Å². The molecule has 334 valence electrons. The van der Waals surface area contributed by atoms with Crippen LogP contribution in [0.1, 0.15) is 181 Å². The molecule has 3 rings (SSSR count). The van der Waals surface area contributed by atoms with Crippen LogP contribution in [0.15, 0.2) is 48.5 Å². The Bertz CT molecular complexity index is 1600. The molecule has 2 unspecified atom stereocenters. The van der Waals surface area contributed by atoms with Crippen molar-refractivity contribution in [1.82, 2.24) is 16.0 Å². The van der Waals surface area contributed by atoms with Crippen LogP contribution < -0.4 is 16.0 Å². The summed E-state index contributed by atoms with van der Waals surface area (Å²) in [5, 5.41) is 18.3. The van der Waals surface area contributed by atoms with E-state index in [9.17, 15) is 29.1 Å². The number of rotatable bonds is 29. The fraction of sp³-hybridized carbons (Fsp3) is 0.653. The summed E-state index contributed by atoms with van der Waals surface area (Å²) in [6, 6.07) is 13.3. The minimum atomic E-state index is -1.11. The highest BCUT2D eigenvalue weighted by molar-refractivity contribution is 5.97. The SMILES string of the molecule is CC(C)(C)OCCCCCCCCCCCCCCCC(=O)NC(CCC(=O)NCCCCC(NC(=O)C1c2ccccc2-c2ccccc21)C(=O)O)C(=O)OC(C)(C)C. The monoisotopic (exact) mass is 834 g/mol. The first-order valence-electron chi connectivity index (χ1n) is 22.7. The number of unbranched alkanes of at least 4 members (excludes halogenated alkanes) is 13. The molecule has 0 bridgehead atoms. The van der Waals surface area contributed by atoms with E-state index in [1.54, 1.807) is 20.8 Å². The number of ether oxygens (including phenoxy) is 2. The predicted octanol–water partition coefficient (Wildman–Crippen LogP) is 9.54. The van der Waals surface area contributed by atoms with Gasteiger partial charge in [-0.15, -0.1) is 0 Å². The van der Waals surface area contributed by atoms with Gasteiger partial charge in [0.15, 0.2) is 0 Å². The van der Waals surface area contributed by atoms with Crippen LogP contribution >= 0.6 is 0 Å². The molecule has 0 aromatic heterocycles. The van der Waals surface area contributed by atoms with E-state index in [0.717, 1.165) is 61.0 Å². The fourth-order valence-electron chi connectivity index (χ4n) is 7.61. The molecular weight excluding hydrogens is 759 g/mol. The maximum atomic E-state index is 13.5. The van der Waals surface area contributed by atoms with Crippen molar-refractivity contribution >= 4 is 29.7 Å². The quantitative estimate of drug-likeness (QED) is 0.0466. The number of carboxylic acid groups (broad SMARTS) is 1. The van der Waals surface area contributed by atoms with Crippen LogP contribution in [-0.2, 0) is 33.4 Å². The van der Waals surface area contributed by atoms with Gasteiger partial charge in [0.2, 0.25) is 17.7 Å². The molecule has 2 aromatic rings. The zero-order valence-electron chi connectivity index (χ0n) is 37.5. The van der Waals surface area contributed by atoms with Gasteiger partial charge in [0, 0.05) is 26.0 Å². The molecule has 0 radical (unpaired) electrons. The molecule has 0 heterocycles. The maximum absolute atomic E-state index is 13.5. The number of amides is 3. The third kappa shape index (κ3) is 19.4. The van der Waals surface area contributed by atoms with Crippen molar-refractivity contribution in [2.75, 3.05) is 13.2 Å². The highest BCUT2D eigenvalue weighted by Gasteiger charge is 2.35. The minimum Gasteiger partial charge on any atom is -0.480 e. The number of benzene rings is 2. The summed E-state index contributed by atoms with van der Waals surface area (Å²) in [5.74, 6) is -3.13. The van der Waals surface area contributed by atoms with Gasteiger partial charge in [-0.3, -0.25) is 14.4 Å². The van der Waals surface area contributed by atoms with Crippen LogP contribution in [0.5, 0.6) is 0 Å². The minimum absolute atomic E-state index is 0.00935. The maximum Gasteiger partial charge on any atom is 0.329 e. The van der Waals surface area contributed by atoms with Crippen molar-refractivity contribution in [3.63, 3.8) is 0 Å². The second-order valence-electron chi connectivity index (χ2n) is 18.4. The summed E-state index contributed by atoms with van der Waals surface area (Å²) in [7, 11) is 0. The number of nitrogens with one attached hydrogen (secondary N) is 3. The van der Waals surface area contributed by atoms with Gasteiger partial charge in [0.1, 0.15) is 17.7 Å². The highest BCUT2D eigenvalue weighted by atomic mass is 16.6. The number of carboxylic acids is 1. The van der Waals surface area contributed by atoms with E-state index in [-0.39, 0.29) is 42.6 Å². The summed E-state index contributed by atoms with van der Waals surface area (Å²) in [4.78, 5) is 64.2. The molecule has 2 aromatic carbocycles. The molecule has 4 N–H and O–H groups in total. The number of hydrogen-bond acceptors (Lipinski definition) is 7. The summed E-state index contributed by atoms with van der Waals surface area (Å²) in [6.45, 7) is 12.7. The van der Waals surface area contributed by atoms with Crippen molar-refractivity contribution in [3.8, 4) is 11.1 Å². The number of aliphatic carboxylic acids is 1. The van der Waals surface area contributed by atoms with Crippen molar-refractivity contribution in [3.05, 3.63) is 59.7 Å². The molecule has 1 aliphatic rings. The van der Waals surface area contributed by atoms with Gasteiger partial charge in [-0.05, 0) is 102 Å². The van der Waals surface area contributed by atoms with Crippen LogP contribution in [0.25, 0.3) is 11.1 Å². The Kier molecular flexibility index (Phi) is 21.9. The molecule has 60 heavy (non-hydrogen) atoms. The van der Waals surface area contributed by atoms with Crippen LogP contribution in [0, 0.1) is 0 Å². The van der Waals surface area contributed by atoms with E-state index < -0.39 is 35.5 Å². The van der Waals surface area contributed by atoms with Gasteiger partial charge in [0.25, 0.3) is 0 Å². The van der Waals surface area contributed by atoms with Gasteiger partial charge in [-0.25, -0.2) is 9.59 Å². The highest BCUT2D eigenvalue weighted by Crippen LogP contribution is 2.44. The van der Waals surface area contributed by atoms with Gasteiger partial charge in [-0.1, -0.05) is 119 Å². The molecule has 0 spiro atoms. The Balaban J connectivity index is 1.29. The summed E-state index contributed by atoms with van der Waals surface area (Å²) in [6.07, 6.45) is 16.8. The average Bonchev–Trinajstić information content (AvgIpc) is 3.52. The first-order valence-corrected chi connectivity index (χ1v) is 22.7. The second-order valence-corrected chi connectivity index (χ2v) is 18.4. The standard InChI is InChI=1S/C49H75N3O8/c1-48(2,3)59-35-25-17-15-13-11-9-7-8-10-12-14-16-18-31-43(54)51-41(47(58)60-49(4,5)6)32-33-42(53)50-34-24-23-30-40(46(56)57)52-45(55)44-38-28-21-19-26-36(38)37-27-20-22-29-39(37)44/h19-22,26-29,40-41,44H,7-18,23-25,30-35H2,1-6H3,(H,50,53)(H,51,54)(H,52,55)(H,56,57). The summed E-state index contributed by atoms with van der Waals surface area (Å²) in [5.41, 5.74) is 2.87. The topological polar surface area (TPSA) is 160 Å². The molecule has 11 nitrogen and oxygen atoms in total. The van der Waals surface area contributed by atoms with E-state index in [0.29, 0.717) is 25.8 Å². The molecule has 3 amide bonds. The molecule has 0 aliphatic heterocycles. The lowest BCUT2D eigenvalue weighted by molar-refractivity contribution is -0.159. The third-order valence-corrected chi connectivity index (χ3v) is 10.7. The van der Waals surface area contributed by atoms with Crippen LogP contribution in [0.2, 0.25) is 0 Å². The number of fused-ring (bicyclic) bond motifs is 3. The van der Waals surface area contributed by atoms with E-state index in [2.05, 4.69) is 36.7 Å². The second kappa shape index (κ2) is 26.2. The first-order chi connectivity index (χ1) is 28.6. The summed E-state index contributed by atoms with van der Waals surface area (Å²) >= 11 is 0. The predicted molar refractivity (Wildman–Crippen MR) is 238 cm³/mol. The Morgan fingerprint density at radius 1 is 0.583 bits per heavy atom. The van der Waals surface area contributed by atoms with Crippen LogP contribution in [-0.4, -0.2) is 71.2 Å². The number of carbonyl (C=O) groups is 5.